The number of aliphatic hydroxyl groups is 1. The van der Waals surface area contributed by atoms with Crippen molar-refractivity contribution in [3.63, 3.8) is 0 Å². The Balaban J connectivity index is 2.02. The summed E-state index contributed by atoms with van der Waals surface area (Å²) in [4.78, 5) is 17.7. The summed E-state index contributed by atoms with van der Waals surface area (Å²) >= 11 is 0. The minimum Gasteiger partial charge on any atom is -0.396 e. The van der Waals surface area contributed by atoms with Gasteiger partial charge in [-0.15, -0.1) is 0 Å². The Hall–Kier alpha value is -1.49. The van der Waals surface area contributed by atoms with E-state index < -0.39 is 5.82 Å². The lowest BCUT2D eigenvalue weighted by atomic mass is 9.95. The molecule has 0 bridgehead atoms. The van der Waals surface area contributed by atoms with E-state index in [9.17, 15) is 9.18 Å². The molecule has 2 rings (SSSR count). The van der Waals surface area contributed by atoms with Gasteiger partial charge in [-0.3, -0.25) is 4.79 Å². The van der Waals surface area contributed by atoms with Crippen molar-refractivity contribution in [2.45, 2.75) is 19.3 Å². The van der Waals surface area contributed by atoms with Gasteiger partial charge in [-0.1, -0.05) is 0 Å². The predicted molar refractivity (Wildman–Crippen MR) is 64.5 cm³/mol. The maximum Gasteiger partial charge on any atom is 0.272 e. The number of nitrogens with zero attached hydrogens (tertiary/aromatic N) is 2. The Kier molecular flexibility index (Phi) is 4.25. The van der Waals surface area contributed by atoms with Crippen LogP contribution in [0.25, 0.3) is 0 Å². The van der Waals surface area contributed by atoms with Crippen LogP contribution in [-0.2, 0) is 0 Å². The van der Waals surface area contributed by atoms with Gasteiger partial charge in [0.15, 0.2) is 0 Å². The third-order valence-corrected chi connectivity index (χ3v) is 3.29. The lowest BCUT2D eigenvalue weighted by Gasteiger charge is -2.32. The van der Waals surface area contributed by atoms with E-state index in [2.05, 4.69) is 4.98 Å². The van der Waals surface area contributed by atoms with E-state index >= 15 is 0 Å². The molecule has 1 aliphatic heterocycles. The fraction of sp³-hybridized carbons (Fsp3) is 0.538. The van der Waals surface area contributed by atoms with Crippen LogP contribution in [-0.4, -0.2) is 40.6 Å². The summed E-state index contributed by atoms with van der Waals surface area (Å²) in [6, 6.07) is 2.66. The molecule has 1 aliphatic rings. The number of piperidine rings is 1. The average molecular weight is 252 g/mol. The second-order valence-electron chi connectivity index (χ2n) is 4.63. The molecule has 0 spiro atoms. The molecule has 1 unspecified atom stereocenters. The Labute approximate surface area is 105 Å². The molecule has 4 nitrogen and oxygen atoms in total. The molecule has 98 valence electrons. The van der Waals surface area contributed by atoms with Crippen molar-refractivity contribution in [2.75, 3.05) is 19.7 Å². The quantitative estimate of drug-likeness (QED) is 0.886. The van der Waals surface area contributed by atoms with Crippen LogP contribution in [0.3, 0.4) is 0 Å². The predicted octanol–water partition coefficient (Wildman–Crippen LogP) is 1.46. The SMILES string of the molecule is O=C(c1ccc(F)cn1)N1CCCC(CCO)C1. The third kappa shape index (κ3) is 3.04. The summed E-state index contributed by atoms with van der Waals surface area (Å²) in [6.45, 7) is 1.51. The first-order chi connectivity index (χ1) is 8.70. The van der Waals surface area contributed by atoms with Crippen LogP contribution in [0.4, 0.5) is 4.39 Å². The lowest BCUT2D eigenvalue weighted by Crippen LogP contribution is -2.40. The number of carbonyl (C=O) groups is 1. The van der Waals surface area contributed by atoms with Crippen LogP contribution < -0.4 is 0 Å². The molecule has 1 fully saturated rings. The van der Waals surface area contributed by atoms with E-state index in [4.69, 9.17) is 5.11 Å². The van der Waals surface area contributed by atoms with E-state index in [0.29, 0.717) is 19.0 Å². The van der Waals surface area contributed by atoms with Gasteiger partial charge in [-0.05, 0) is 37.3 Å². The number of carbonyl (C=O) groups excluding carboxylic acids is 1. The van der Waals surface area contributed by atoms with Crippen LogP contribution in [0.15, 0.2) is 18.3 Å². The van der Waals surface area contributed by atoms with E-state index in [1.165, 1.54) is 12.1 Å². The molecule has 2 heterocycles. The third-order valence-electron chi connectivity index (χ3n) is 3.29. The van der Waals surface area contributed by atoms with Crippen LogP contribution in [0.1, 0.15) is 29.8 Å². The topological polar surface area (TPSA) is 53.4 Å². The minimum atomic E-state index is -0.441. The summed E-state index contributed by atoms with van der Waals surface area (Å²) in [7, 11) is 0. The van der Waals surface area contributed by atoms with Gasteiger partial charge in [0.2, 0.25) is 0 Å². The van der Waals surface area contributed by atoms with Gasteiger partial charge in [-0.2, -0.15) is 0 Å². The van der Waals surface area contributed by atoms with Crippen molar-refractivity contribution in [3.8, 4) is 0 Å². The molecule has 1 N–H and O–H groups in total. The van der Waals surface area contributed by atoms with Crippen molar-refractivity contribution < 1.29 is 14.3 Å². The number of hydrogen-bond donors (Lipinski definition) is 1. The number of aliphatic hydroxyl groups excluding tert-OH is 1. The van der Waals surface area contributed by atoms with Crippen molar-refractivity contribution in [1.82, 2.24) is 9.88 Å². The molecule has 5 heteroatoms. The fourth-order valence-corrected chi connectivity index (χ4v) is 2.33. The molecule has 1 atom stereocenters. The lowest BCUT2D eigenvalue weighted by molar-refractivity contribution is 0.0647. The second-order valence-corrected chi connectivity index (χ2v) is 4.63. The van der Waals surface area contributed by atoms with Gasteiger partial charge < -0.3 is 10.0 Å². The van der Waals surface area contributed by atoms with Gasteiger partial charge in [0.1, 0.15) is 11.5 Å². The monoisotopic (exact) mass is 252 g/mol. The zero-order valence-corrected chi connectivity index (χ0v) is 10.2. The first-order valence-electron chi connectivity index (χ1n) is 6.22. The number of rotatable bonds is 3. The van der Waals surface area contributed by atoms with Gasteiger partial charge in [0.25, 0.3) is 5.91 Å². The summed E-state index contributed by atoms with van der Waals surface area (Å²) < 4.78 is 12.7. The number of aromatic nitrogens is 1. The highest BCUT2D eigenvalue weighted by Gasteiger charge is 2.24. The van der Waals surface area contributed by atoms with Gasteiger partial charge in [0.05, 0.1) is 6.20 Å². The fourth-order valence-electron chi connectivity index (χ4n) is 2.33. The van der Waals surface area contributed by atoms with E-state index in [1.54, 1.807) is 4.90 Å². The molecule has 0 radical (unpaired) electrons. The van der Waals surface area contributed by atoms with Crippen LogP contribution in [0, 0.1) is 11.7 Å². The molecule has 1 saturated heterocycles. The van der Waals surface area contributed by atoms with Gasteiger partial charge in [-0.25, -0.2) is 9.37 Å². The summed E-state index contributed by atoms with van der Waals surface area (Å²) in [5.41, 5.74) is 0.279. The van der Waals surface area contributed by atoms with Crippen LogP contribution >= 0.6 is 0 Å². The summed E-state index contributed by atoms with van der Waals surface area (Å²) in [5, 5.41) is 8.93. The standard InChI is InChI=1S/C13H17FN2O2/c14-11-3-4-12(15-8-11)13(18)16-6-1-2-10(9-16)5-7-17/h3-4,8,10,17H,1-2,5-7,9H2. The van der Waals surface area contributed by atoms with Crippen LogP contribution in [0.5, 0.6) is 0 Å². The molecular formula is C13H17FN2O2. The number of amides is 1. The molecule has 18 heavy (non-hydrogen) atoms. The summed E-state index contributed by atoms with van der Waals surface area (Å²) in [5.74, 6) is -0.242. The Morgan fingerprint density at radius 2 is 2.39 bits per heavy atom. The van der Waals surface area contributed by atoms with E-state index in [1.807, 2.05) is 0 Å². The maximum absolute atomic E-state index is 12.7. The molecule has 1 aromatic rings. The first-order valence-corrected chi connectivity index (χ1v) is 6.22. The summed E-state index contributed by atoms with van der Waals surface area (Å²) in [6.07, 6.45) is 3.77. The van der Waals surface area contributed by atoms with Crippen molar-refractivity contribution >= 4 is 5.91 Å². The molecule has 1 amide bonds. The highest BCUT2D eigenvalue weighted by Crippen LogP contribution is 2.20. The number of pyridine rings is 1. The molecule has 1 aromatic heterocycles. The molecule has 0 aromatic carbocycles. The van der Waals surface area contributed by atoms with E-state index in [0.717, 1.165) is 25.5 Å². The van der Waals surface area contributed by atoms with Gasteiger partial charge in [0, 0.05) is 19.7 Å². The van der Waals surface area contributed by atoms with Crippen molar-refractivity contribution in [2.24, 2.45) is 5.92 Å². The maximum atomic E-state index is 12.7. The van der Waals surface area contributed by atoms with Gasteiger partial charge >= 0.3 is 0 Å². The number of hydrogen-bond acceptors (Lipinski definition) is 3. The number of halogens is 1. The minimum absolute atomic E-state index is 0.154. The number of likely N-dealkylation sites (tertiary alicyclic amines) is 1. The second kappa shape index (κ2) is 5.91. The normalized spacial score (nSPS) is 19.9. The van der Waals surface area contributed by atoms with Crippen molar-refractivity contribution in [3.05, 3.63) is 29.8 Å². The zero-order valence-electron chi connectivity index (χ0n) is 10.2. The smallest absolute Gasteiger partial charge is 0.272 e. The molecule has 0 saturated carbocycles. The van der Waals surface area contributed by atoms with Crippen LogP contribution in [0.2, 0.25) is 0 Å². The van der Waals surface area contributed by atoms with Crippen molar-refractivity contribution in [1.29, 1.82) is 0 Å². The average Bonchev–Trinajstić information content (AvgIpc) is 2.39. The highest BCUT2D eigenvalue weighted by atomic mass is 19.1. The highest BCUT2D eigenvalue weighted by molar-refractivity contribution is 5.92. The Morgan fingerprint density at radius 3 is 3.06 bits per heavy atom. The Bertz CT molecular complexity index is 406. The van der Waals surface area contributed by atoms with E-state index in [-0.39, 0.29) is 18.2 Å². The zero-order chi connectivity index (χ0) is 13.0. The molecular weight excluding hydrogens is 235 g/mol. The Morgan fingerprint density at radius 1 is 1.56 bits per heavy atom. The molecule has 0 aliphatic carbocycles. The largest absolute Gasteiger partial charge is 0.396 e. The first kappa shape index (κ1) is 13.0.